The van der Waals surface area contributed by atoms with Crippen molar-refractivity contribution in [2.75, 3.05) is 26.0 Å². The Balaban J connectivity index is 0.982. The van der Waals surface area contributed by atoms with Crippen LogP contribution in [-0.2, 0) is 65.9 Å². The highest BCUT2D eigenvalue weighted by molar-refractivity contribution is 6.04. The molecule has 8 rings (SSSR count). The molecule has 4 aromatic rings. The number of fused-ring (bicyclic) bond motifs is 3. The number of benzene rings is 4. The number of likely N-dealkylation sites (tertiary alicyclic amines) is 1. The highest BCUT2D eigenvalue weighted by Gasteiger charge is 2.47. The second kappa shape index (κ2) is 25.2. The van der Waals surface area contributed by atoms with Crippen LogP contribution < -0.4 is 37.2 Å². The molecule has 0 unspecified atom stereocenters. The Morgan fingerprint density at radius 3 is 1.70 bits per heavy atom. The van der Waals surface area contributed by atoms with Crippen LogP contribution in [0.5, 0.6) is 0 Å². The lowest BCUT2D eigenvalue weighted by Gasteiger charge is -2.42. The van der Waals surface area contributed by atoms with Gasteiger partial charge in [-0.15, -0.1) is 0 Å². The van der Waals surface area contributed by atoms with Gasteiger partial charge in [0.25, 0.3) is 5.91 Å². The number of rotatable bonds is 17. The fourth-order valence-electron chi connectivity index (χ4n) is 11.5. The molecule has 428 valence electrons. The number of amides is 7. The van der Waals surface area contributed by atoms with E-state index < -0.39 is 53.2 Å². The maximum Gasteiger partial charge on any atom is 0.255 e. The summed E-state index contributed by atoms with van der Waals surface area (Å²) in [6.07, 6.45) is 5.18. The van der Waals surface area contributed by atoms with Crippen LogP contribution in [0.3, 0.4) is 0 Å². The van der Waals surface area contributed by atoms with E-state index in [1.165, 1.54) is 11.1 Å². The third kappa shape index (κ3) is 13.8. The van der Waals surface area contributed by atoms with Gasteiger partial charge in [-0.1, -0.05) is 108 Å². The summed E-state index contributed by atoms with van der Waals surface area (Å²) >= 11 is 0. The Labute approximate surface area is 471 Å². The SMILES string of the molecule is CN[C@@H](C)C(=O)N[C@H](C(=O)N1Cc2cc(NC(=O)c3cccc(CO[C@H]4C[C@@H](C(=O)N[C@@H]5CCCc6ccccc65)N(C(=O)[C@@H](NC(=O)[C@H](C)NC)C(C)(C)C)C4)c3)ccc2C[C@H]1C(=O)N[C@@H]1CCCc2ccccc21)C(C)(C)C. The van der Waals surface area contributed by atoms with E-state index in [0.29, 0.717) is 16.8 Å². The number of carbonyl (C=O) groups is 7. The topological polar surface area (TPSA) is 219 Å². The first-order valence-corrected chi connectivity index (χ1v) is 28.5. The van der Waals surface area contributed by atoms with E-state index in [2.05, 4.69) is 55.4 Å². The second-order valence-electron chi connectivity index (χ2n) is 24.4. The average Bonchev–Trinajstić information content (AvgIpc) is 3.92. The van der Waals surface area contributed by atoms with Crippen molar-refractivity contribution >= 4 is 47.0 Å². The summed E-state index contributed by atoms with van der Waals surface area (Å²) in [5.74, 6) is -2.34. The van der Waals surface area contributed by atoms with Gasteiger partial charge in [-0.2, -0.15) is 0 Å². The van der Waals surface area contributed by atoms with Gasteiger partial charge in [0.15, 0.2) is 0 Å². The number of carbonyl (C=O) groups excluding carboxylic acids is 7. The largest absolute Gasteiger partial charge is 0.372 e. The second-order valence-corrected chi connectivity index (χ2v) is 24.4. The van der Waals surface area contributed by atoms with E-state index in [1.54, 1.807) is 62.0 Å². The lowest BCUT2D eigenvalue weighted by molar-refractivity contribution is -0.147. The highest BCUT2D eigenvalue weighted by atomic mass is 16.5. The van der Waals surface area contributed by atoms with Crippen LogP contribution in [0, 0.1) is 10.8 Å². The first-order chi connectivity index (χ1) is 38.0. The van der Waals surface area contributed by atoms with Crippen molar-refractivity contribution in [2.45, 2.75) is 174 Å². The molecule has 1 fully saturated rings. The third-order valence-corrected chi connectivity index (χ3v) is 16.5. The van der Waals surface area contributed by atoms with Gasteiger partial charge in [0.2, 0.25) is 35.4 Å². The third-order valence-electron chi connectivity index (χ3n) is 16.5. The van der Waals surface area contributed by atoms with E-state index >= 15 is 0 Å². The molecule has 0 saturated carbocycles. The maximum absolute atomic E-state index is 14.9. The molecule has 4 aliphatic rings. The van der Waals surface area contributed by atoms with E-state index in [0.717, 1.165) is 60.8 Å². The Kier molecular flexibility index (Phi) is 18.7. The molecular formula is C63H83N9O8. The molecule has 17 heteroatoms. The summed E-state index contributed by atoms with van der Waals surface area (Å²) in [7, 11) is 3.36. The van der Waals surface area contributed by atoms with Crippen molar-refractivity contribution in [3.8, 4) is 0 Å². The van der Waals surface area contributed by atoms with Crippen molar-refractivity contribution in [3.63, 3.8) is 0 Å². The number of aryl methyl sites for hydroxylation is 2. The van der Waals surface area contributed by atoms with Crippen LogP contribution in [0.25, 0.3) is 0 Å². The average molecular weight is 1090 g/mol. The lowest BCUT2D eigenvalue weighted by Crippen LogP contribution is -2.62. The monoisotopic (exact) mass is 1090 g/mol. The van der Waals surface area contributed by atoms with Crippen molar-refractivity contribution < 1.29 is 38.3 Å². The summed E-state index contributed by atoms with van der Waals surface area (Å²) in [4.78, 5) is 102. The van der Waals surface area contributed by atoms with Gasteiger partial charge in [-0.05, 0) is 141 Å². The molecule has 9 atom stereocenters. The van der Waals surface area contributed by atoms with Gasteiger partial charge in [0.05, 0.1) is 36.9 Å². The molecule has 7 amide bonds. The molecule has 2 aliphatic heterocycles. The zero-order valence-electron chi connectivity index (χ0n) is 48.3. The van der Waals surface area contributed by atoms with E-state index in [4.69, 9.17) is 4.74 Å². The zero-order valence-corrected chi connectivity index (χ0v) is 48.3. The first-order valence-electron chi connectivity index (χ1n) is 28.5. The Morgan fingerprint density at radius 2 is 1.15 bits per heavy atom. The standard InChI is InChI=1S/C63H83N9O8/c1-37(64-9)55(73)69-53(62(3,4)5)60(78)71-34-44-31-45(29-28-42(44)32-51(71)58(76)67-49-26-16-21-40-19-11-13-24-47(40)49)66-57(75)43-23-15-18-39(30-43)36-80-46-33-52(59(77)68-50-27-17-22-41-20-12-14-25-48(41)50)72(35-46)61(79)54(63(6,7)8)70-56(74)38(2)65-10/h11-15,18-20,23-25,28-31,37-38,46,49-54,64-65H,16-17,21-22,26-27,32-36H2,1-10H3,(H,66,75)(H,67,76)(H,68,77)(H,69,73)(H,70,74)/t37-,38-,46-,49+,50+,51-,52-,53+,54+/m0/s1. The molecule has 0 bridgehead atoms. The minimum Gasteiger partial charge on any atom is -0.372 e. The molecule has 2 aliphatic carbocycles. The van der Waals surface area contributed by atoms with Crippen molar-refractivity contribution in [2.24, 2.45) is 10.8 Å². The summed E-state index contributed by atoms with van der Waals surface area (Å²) in [6, 6.07) is 23.7. The number of nitrogens with one attached hydrogen (secondary N) is 7. The molecule has 0 aromatic heterocycles. The molecule has 7 N–H and O–H groups in total. The Morgan fingerprint density at radius 1 is 0.613 bits per heavy atom. The predicted molar refractivity (Wildman–Crippen MR) is 308 cm³/mol. The number of anilines is 1. The van der Waals surface area contributed by atoms with Crippen LogP contribution in [-0.4, -0.2) is 114 Å². The zero-order chi connectivity index (χ0) is 57.6. The normalized spacial score (nSPS) is 21.3. The molecule has 80 heavy (non-hydrogen) atoms. The molecule has 2 heterocycles. The van der Waals surface area contributed by atoms with Gasteiger partial charge in [-0.3, -0.25) is 33.6 Å². The van der Waals surface area contributed by atoms with Crippen LogP contribution in [0.1, 0.15) is 149 Å². The summed E-state index contributed by atoms with van der Waals surface area (Å²) < 4.78 is 6.51. The van der Waals surface area contributed by atoms with E-state index in [-0.39, 0.29) is 86.0 Å². The number of ether oxygens (including phenoxy) is 1. The minimum absolute atomic E-state index is 0.0658. The maximum atomic E-state index is 14.9. The van der Waals surface area contributed by atoms with Gasteiger partial charge in [0, 0.05) is 37.2 Å². The number of nitrogens with zero attached hydrogens (tertiary/aromatic N) is 2. The molecule has 1 saturated heterocycles. The van der Waals surface area contributed by atoms with Gasteiger partial charge in [-0.25, -0.2) is 0 Å². The highest BCUT2D eigenvalue weighted by Crippen LogP contribution is 2.35. The quantitative estimate of drug-likeness (QED) is 0.0622. The van der Waals surface area contributed by atoms with E-state index in [9.17, 15) is 33.6 Å². The Hall–Kier alpha value is -6.95. The van der Waals surface area contributed by atoms with Crippen LogP contribution >= 0.6 is 0 Å². The summed E-state index contributed by atoms with van der Waals surface area (Å²) in [6.45, 7) is 15.0. The fourth-order valence-corrected chi connectivity index (χ4v) is 11.5. The van der Waals surface area contributed by atoms with Gasteiger partial charge < -0.3 is 51.8 Å². The minimum atomic E-state index is -0.953. The first kappa shape index (κ1) is 59.2. The van der Waals surface area contributed by atoms with Crippen molar-refractivity contribution in [1.29, 1.82) is 0 Å². The van der Waals surface area contributed by atoms with Crippen molar-refractivity contribution in [3.05, 3.63) is 136 Å². The lowest BCUT2D eigenvalue weighted by atomic mass is 9.83. The number of hydrogen-bond donors (Lipinski definition) is 7. The fraction of sp³-hybridized carbons (Fsp3) is 0.508. The predicted octanol–water partition coefficient (Wildman–Crippen LogP) is 6.34. The smallest absolute Gasteiger partial charge is 0.255 e. The Bertz CT molecular complexity index is 2950. The molecule has 0 spiro atoms. The van der Waals surface area contributed by atoms with Crippen LogP contribution in [0.2, 0.25) is 0 Å². The molecule has 0 radical (unpaired) electrons. The molecular weight excluding hydrogens is 1010 g/mol. The van der Waals surface area contributed by atoms with E-state index in [1.807, 2.05) is 90.1 Å². The van der Waals surface area contributed by atoms with Crippen LogP contribution in [0.15, 0.2) is 91.0 Å². The summed E-state index contributed by atoms with van der Waals surface area (Å²) in [5, 5.41) is 21.4. The van der Waals surface area contributed by atoms with Gasteiger partial charge >= 0.3 is 0 Å². The van der Waals surface area contributed by atoms with Crippen molar-refractivity contribution in [1.82, 2.24) is 41.7 Å². The molecule has 4 aromatic carbocycles. The summed E-state index contributed by atoms with van der Waals surface area (Å²) in [5.41, 5.74) is 6.35. The van der Waals surface area contributed by atoms with Crippen LogP contribution in [0.4, 0.5) is 5.69 Å². The number of likely N-dealkylation sites (N-methyl/N-ethyl adjacent to an activating group) is 2. The molecule has 17 nitrogen and oxygen atoms in total. The van der Waals surface area contributed by atoms with Gasteiger partial charge in [0.1, 0.15) is 24.2 Å². The number of hydrogen-bond acceptors (Lipinski definition) is 10.